The summed E-state index contributed by atoms with van der Waals surface area (Å²) in [5, 5.41) is 11.7. The van der Waals surface area contributed by atoms with Crippen molar-refractivity contribution in [3.8, 4) is 10.6 Å². The van der Waals surface area contributed by atoms with Gasteiger partial charge in [-0.2, -0.15) is 0 Å². The van der Waals surface area contributed by atoms with E-state index < -0.39 is 5.97 Å². The summed E-state index contributed by atoms with van der Waals surface area (Å²) in [5.74, 6) is -0.990. The highest BCUT2D eigenvalue weighted by molar-refractivity contribution is 7.18. The maximum atomic E-state index is 10.8. The minimum atomic E-state index is -0.990. The Morgan fingerprint density at radius 1 is 1.60 bits per heavy atom. The molecule has 78 valence electrons. The molecule has 0 spiro atoms. The van der Waals surface area contributed by atoms with Gasteiger partial charge in [0.1, 0.15) is 4.88 Å². The summed E-state index contributed by atoms with van der Waals surface area (Å²) in [7, 11) is 0. The number of carbonyl (C=O) groups is 1. The molecule has 2 aromatic rings. The minimum Gasteiger partial charge on any atom is -0.477 e. The van der Waals surface area contributed by atoms with Crippen molar-refractivity contribution in [1.82, 2.24) is 4.98 Å². The summed E-state index contributed by atoms with van der Waals surface area (Å²) in [5.41, 5.74) is 6.68. The van der Waals surface area contributed by atoms with Gasteiger partial charge in [-0.05, 0) is 13.0 Å². The fraction of sp³-hybridized carbons (Fsp3) is 0.111. The zero-order valence-corrected chi connectivity index (χ0v) is 9.48. The number of aryl methyl sites for hydroxylation is 1. The second kappa shape index (κ2) is 3.63. The van der Waals surface area contributed by atoms with E-state index in [-0.39, 0.29) is 4.88 Å². The summed E-state index contributed by atoms with van der Waals surface area (Å²) in [6.45, 7) is 1.91. The van der Waals surface area contributed by atoms with Crippen LogP contribution >= 0.6 is 22.7 Å². The van der Waals surface area contributed by atoms with E-state index in [9.17, 15) is 4.79 Å². The number of nitrogens with two attached hydrogens (primary N) is 1. The van der Waals surface area contributed by atoms with Gasteiger partial charge >= 0.3 is 5.97 Å². The third kappa shape index (κ3) is 1.86. The predicted molar refractivity (Wildman–Crippen MR) is 61.5 cm³/mol. The van der Waals surface area contributed by atoms with E-state index in [0.29, 0.717) is 5.69 Å². The van der Waals surface area contributed by atoms with Crippen molar-refractivity contribution < 1.29 is 9.90 Å². The molecule has 0 saturated carbocycles. The van der Waals surface area contributed by atoms with Crippen molar-refractivity contribution in [2.24, 2.45) is 0 Å². The molecule has 2 aromatic heterocycles. The second-order valence-electron chi connectivity index (χ2n) is 2.95. The molecule has 0 unspecified atom stereocenters. The number of rotatable bonds is 2. The lowest BCUT2D eigenvalue weighted by molar-refractivity contribution is 0.0703. The fourth-order valence-corrected chi connectivity index (χ4v) is 2.74. The molecule has 0 radical (unpaired) electrons. The van der Waals surface area contributed by atoms with Gasteiger partial charge in [0.15, 0.2) is 0 Å². The number of carboxylic acid groups (broad SMARTS) is 1. The molecule has 0 aliphatic heterocycles. The molecule has 0 atom stereocenters. The van der Waals surface area contributed by atoms with Gasteiger partial charge in [0.25, 0.3) is 0 Å². The largest absolute Gasteiger partial charge is 0.477 e. The van der Waals surface area contributed by atoms with Crippen LogP contribution in [-0.2, 0) is 0 Å². The molecular formula is C9H8N2O2S2. The SMILES string of the molecule is Cc1nc(-c2cc(N)c(C(=O)O)s2)cs1. The first-order chi connectivity index (χ1) is 7.08. The molecule has 6 heteroatoms. The average Bonchev–Trinajstić information content (AvgIpc) is 2.71. The number of aromatic carboxylic acids is 1. The maximum Gasteiger partial charge on any atom is 0.348 e. The first-order valence-electron chi connectivity index (χ1n) is 4.13. The van der Waals surface area contributed by atoms with Crippen molar-refractivity contribution in [3.63, 3.8) is 0 Å². The van der Waals surface area contributed by atoms with E-state index in [0.717, 1.165) is 26.9 Å². The highest BCUT2D eigenvalue weighted by Gasteiger charge is 2.15. The molecular weight excluding hydrogens is 232 g/mol. The zero-order chi connectivity index (χ0) is 11.0. The Balaban J connectivity index is 2.46. The van der Waals surface area contributed by atoms with E-state index in [1.165, 1.54) is 11.3 Å². The molecule has 4 nitrogen and oxygen atoms in total. The molecule has 0 aromatic carbocycles. The normalized spacial score (nSPS) is 10.5. The number of anilines is 1. The van der Waals surface area contributed by atoms with Gasteiger partial charge < -0.3 is 10.8 Å². The van der Waals surface area contributed by atoms with Crippen LogP contribution in [0.3, 0.4) is 0 Å². The Kier molecular flexibility index (Phi) is 2.45. The summed E-state index contributed by atoms with van der Waals surface area (Å²) < 4.78 is 0. The Bertz CT molecular complexity index is 516. The van der Waals surface area contributed by atoms with Gasteiger partial charge in [-0.1, -0.05) is 0 Å². The molecule has 0 bridgehead atoms. The van der Waals surface area contributed by atoms with Crippen LogP contribution in [0.25, 0.3) is 10.6 Å². The summed E-state index contributed by atoms with van der Waals surface area (Å²) in [6, 6.07) is 1.66. The van der Waals surface area contributed by atoms with E-state index in [1.54, 1.807) is 6.07 Å². The first-order valence-corrected chi connectivity index (χ1v) is 5.82. The highest BCUT2D eigenvalue weighted by Crippen LogP contribution is 2.33. The molecule has 2 heterocycles. The maximum absolute atomic E-state index is 10.8. The zero-order valence-electron chi connectivity index (χ0n) is 7.85. The summed E-state index contributed by atoms with van der Waals surface area (Å²) in [4.78, 5) is 16.0. The van der Waals surface area contributed by atoms with Crippen LogP contribution in [0.5, 0.6) is 0 Å². The Hall–Kier alpha value is -1.40. The topological polar surface area (TPSA) is 76.2 Å². The van der Waals surface area contributed by atoms with Gasteiger partial charge in [-0.15, -0.1) is 22.7 Å². The highest BCUT2D eigenvalue weighted by atomic mass is 32.1. The fourth-order valence-electron chi connectivity index (χ4n) is 1.18. The Morgan fingerprint density at radius 3 is 2.80 bits per heavy atom. The molecule has 0 amide bonds. The standard InChI is InChI=1S/C9H8N2O2S2/c1-4-11-6(3-14-4)7-2-5(10)8(15-7)9(12)13/h2-3H,10H2,1H3,(H,12,13). The van der Waals surface area contributed by atoms with Crippen LogP contribution in [0, 0.1) is 6.92 Å². The molecule has 0 aliphatic carbocycles. The monoisotopic (exact) mass is 240 g/mol. The van der Waals surface area contributed by atoms with Crippen molar-refractivity contribution in [3.05, 3.63) is 21.3 Å². The molecule has 15 heavy (non-hydrogen) atoms. The van der Waals surface area contributed by atoms with Crippen molar-refractivity contribution in [2.45, 2.75) is 6.92 Å². The number of nitrogens with zero attached hydrogens (tertiary/aromatic N) is 1. The van der Waals surface area contributed by atoms with E-state index in [1.807, 2.05) is 12.3 Å². The average molecular weight is 240 g/mol. The summed E-state index contributed by atoms with van der Waals surface area (Å²) >= 11 is 2.68. The minimum absolute atomic E-state index is 0.177. The van der Waals surface area contributed by atoms with Gasteiger partial charge in [0.2, 0.25) is 0 Å². The number of aromatic nitrogens is 1. The Morgan fingerprint density at radius 2 is 2.33 bits per heavy atom. The second-order valence-corrected chi connectivity index (χ2v) is 5.07. The summed E-state index contributed by atoms with van der Waals surface area (Å²) in [6.07, 6.45) is 0. The number of hydrogen-bond acceptors (Lipinski definition) is 5. The van der Waals surface area contributed by atoms with Crippen LogP contribution in [-0.4, -0.2) is 16.1 Å². The van der Waals surface area contributed by atoms with E-state index in [4.69, 9.17) is 10.8 Å². The first kappa shape index (κ1) is 10.1. The van der Waals surface area contributed by atoms with E-state index in [2.05, 4.69) is 4.98 Å². The van der Waals surface area contributed by atoms with Crippen LogP contribution < -0.4 is 5.73 Å². The van der Waals surface area contributed by atoms with Crippen LogP contribution in [0.15, 0.2) is 11.4 Å². The van der Waals surface area contributed by atoms with Gasteiger partial charge in [0.05, 0.1) is 21.3 Å². The molecule has 3 N–H and O–H groups in total. The Labute approximate surface area is 94.0 Å². The third-order valence-electron chi connectivity index (χ3n) is 1.83. The van der Waals surface area contributed by atoms with Gasteiger partial charge in [0, 0.05) is 5.38 Å². The lowest BCUT2D eigenvalue weighted by atomic mass is 10.3. The van der Waals surface area contributed by atoms with Crippen LogP contribution in [0.2, 0.25) is 0 Å². The quantitative estimate of drug-likeness (QED) is 0.845. The number of thiazole rings is 1. The number of carboxylic acids is 1. The third-order valence-corrected chi connectivity index (χ3v) is 3.76. The predicted octanol–water partition coefficient (Wildman–Crippen LogP) is 2.46. The van der Waals surface area contributed by atoms with Crippen LogP contribution in [0.4, 0.5) is 5.69 Å². The van der Waals surface area contributed by atoms with Crippen LogP contribution in [0.1, 0.15) is 14.7 Å². The molecule has 0 saturated heterocycles. The molecule has 2 rings (SSSR count). The van der Waals surface area contributed by atoms with Crippen molar-refractivity contribution in [2.75, 3.05) is 5.73 Å². The number of thiophene rings is 1. The lowest BCUT2D eigenvalue weighted by Gasteiger charge is -1.87. The van der Waals surface area contributed by atoms with Gasteiger partial charge in [-0.3, -0.25) is 0 Å². The molecule has 0 fully saturated rings. The van der Waals surface area contributed by atoms with Gasteiger partial charge in [-0.25, -0.2) is 9.78 Å². The smallest absolute Gasteiger partial charge is 0.348 e. The van der Waals surface area contributed by atoms with Crippen molar-refractivity contribution >= 4 is 34.3 Å². The molecule has 0 aliphatic rings. The van der Waals surface area contributed by atoms with Crippen molar-refractivity contribution in [1.29, 1.82) is 0 Å². The van der Waals surface area contributed by atoms with E-state index >= 15 is 0 Å². The number of nitrogen functional groups attached to an aromatic ring is 1. The number of hydrogen-bond donors (Lipinski definition) is 2. The lowest BCUT2D eigenvalue weighted by Crippen LogP contribution is -1.96.